The van der Waals surface area contributed by atoms with E-state index in [0.29, 0.717) is 5.69 Å². The monoisotopic (exact) mass is 272 g/mol. The summed E-state index contributed by atoms with van der Waals surface area (Å²) in [5.74, 6) is -0.895. The first-order valence-electron chi connectivity index (χ1n) is 6.55. The summed E-state index contributed by atoms with van der Waals surface area (Å²) >= 11 is 0. The van der Waals surface area contributed by atoms with E-state index in [1.54, 1.807) is 0 Å². The number of nitrogens with two attached hydrogens (primary N) is 1. The first kappa shape index (κ1) is 14.1. The largest absolute Gasteiger partial charge is 0.399 e. The topological polar surface area (TPSA) is 55.1 Å². The van der Waals surface area contributed by atoms with Crippen LogP contribution in [0.1, 0.15) is 29.3 Å². The van der Waals surface area contributed by atoms with E-state index in [0.717, 1.165) is 18.9 Å². The SMILES string of the molecule is CCCc1ccc(NC(=O)c2cc(N)cc(F)c2)cc1. The van der Waals surface area contributed by atoms with E-state index in [-0.39, 0.29) is 17.2 Å². The van der Waals surface area contributed by atoms with Crippen LogP contribution in [0.2, 0.25) is 0 Å². The van der Waals surface area contributed by atoms with Gasteiger partial charge in [-0.15, -0.1) is 0 Å². The van der Waals surface area contributed by atoms with Crippen LogP contribution >= 0.6 is 0 Å². The number of amides is 1. The van der Waals surface area contributed by atoms with E-state index in [2.05, 4.69) is 12.2 Å². The van der Waals surface area contributed by atoms with Gasteiger partial charge in [0.25, 0.3) is 5.91 Å². The molecule has 0 aliphatic heterocycles. The van der Waals surface area contributed by atoms with Gasteiger partial charge in [-0.1, -0.05) is 25.5 Å². The Labute approximate surface area is 117 Å². The van der Waals surface area contributed by atoms with Crippen LogP contribution in [0.5, 0.6) is 0 Å². The highest BCUT2D eigenvalue weighted by molar-refractivity contribution is 6.04. The summed E-state index contributed by atoms with van der Waals surface area (Å²) in [7, 11) is 0. The molecule has 0 saturated carbocycles. The summed E-state index contributed by atoms with van der Waals surface area (Å²) in [4.78, 5) is 12.0. The Morgan fingerprint density at radius 2 is 1.90 bits per heavy atom. The molecule has 0 bridgehead atoms. The van der Waals surface area contributed by atoms with Gasteiger partial charge in [0, 0.05) is 16.9 Å². The number of hydrogen-bond acceptors (Lipinski definition) is 2. The zero-order valence-corrected chi connectivity index (χ0v) is 11.3. The molecule has 20 heavy (non-hydrogen) atoms. The van der Waals surface area contributed by atoms with Gasteiger partial charge in [-0.3, -0.25) is 4.79 Å². The van der Waals surface area contributed by atoms with Crippen LogP contribution in [0.15, 0.2) is 42.5 Å². The molecule has 0 atom stereocenters. The molecule has 4 heteroatoms. The molecule has 1 amide bonds. The summed E-state index contributed by atoms with van der Waals surface area (Å²) in [6.07, 6.45) is 2.09. The van der Waals surface area contributed by atoms with Gasteiger partial charge in [-0.05, 0) is 42.3 Å². The fourth-order valence-corrected chi connectivity index (χ4v) is 1.99. The molecule has 3 N–H and O–H groups in total. The molecule has 0 aliphatic carbocycles. The highest BCUT2D eigenvalue weighted by atomic mass is 19.1. The number of rotatable bonds is 4. The van der Waals surface area contributed by atoms with E-state index >= 15 is 0 Å². The van der Waals surface area contributed by atoms with Crippen molar-refractivity contribution in [3.8, 4) is 0 Å². The molecule has 104 valence electrons. The lowest BCUT2D eigenvalue weighted by Crippen LogP contribution is -2.12. The lowest BCUT2D eigenvalue weighted by Gasteiger charge is -2.07. The number of nitrogen functional groups attached to an aromatic ring is 1. The molecule has 0 aromatic heterocycles. The number of carbonyl (C=O) groups excluding carboxylic acids is 1. The van der Waals surface area contributed by atoms with Crippen molar-refractivity contribution in [3.05, 3.63) is 59.4 Å². The smallest absolute Gasteiger partial charge is 0.255 e. The Hall–Kier alpha value is -2.36. The van der Waals surface area contributed by atoms with Gasteiger partial charge in [0.1, 0.15) is 5.82 Å². The molecule has 0 heterocycles. The standard InChI is InChI=1S/C16H17FN2O/c1-2-3-11-4-6-15(7-5-11)19-16(20)12-8-13(17)10-14(18)9-12/h4-10H,2-3,18H2,1H3,(H,19,20). The lowest BCUT2D eigenvalue weighted by atomic mass is 10.1. The number of hydrogen-bond donors (Lipinski definition) is 2. The van der Waals surface area contributed by atoms with Crippen LogP contribution in [0, 0.1) is 5.82 Å². The molecule has 3 nitrogen and oxygen atoms in total. The molecule has 2 aromatic rings. The maximum atomic E-state index is 13.2. The van der Waals surface area contributed by atoms with Gasteiger partial charge in [-0.25, -0.2) is 4.39 Å². The first-order valence-corrected chi connectivity index (χ1v) is 6.55. The second kappa shape index (κ2) is 6.19. The van der Waals surface area contributed by atoms with Crippen LogP contribution in [0.25, 0.3) is 0 Å². The number of halogens is 1. The minimum Gasteiger partial charge on any atom is -0.399 e. The molecule has 0 fully saturated rings. The first-order chi connectivity index (χ1) is 9.58. The predicted octanol–water partition coefficient (Wildman–Crippen LogP) is 3.61. The van der Waals surface area contributed by atoms with Crippen molar-refractivity contribution in [1.82, 2.24) is 0 Å². The number of carbonyl (C=O) groups is 1. The van der Waals surface area contributed by atoms with E-state index in [1.165, 1.54) is 17.7 Å². The molecule has 0 spiro atoms. The number of nitrogens with one attached hydrogen (secondary N) is 1. The Morgan fingerprint density at radius 1 is 1.20 bits per heavy atom. The van der Waals surface area contributed by atoms with Crippen molar-refractivity contribution < 1.29 is 9.18 Å². The van der Waals surface area contributed by atoms with Gasteiger partial charge >= 0.3 is 0 Å². The molecular weight excluding hydrogens is 255 g/mol. The van der Waals surface area contributed by atoms with E-state index in [4.69, 9.17) is 5.73 Å². The summed E-state index contributed by atoms with van der Waals surface area (Å²) < 4.78 is 13.2. The highest BCUT2D eigenvalue weighted by Crippen LogP contribution is 2.15. The summed E-state index contributed by atoms with van der Waals surface area (Å²) in [5, 5.41) is 2.72. The second-order valence-corrected chi connectivity index (χ2v) is 4.67. The van der Waals surface area contributed by atoms with Crippen molar-refractivity contribution in [2.24, 2.45) is 0 Å². The zero-order valence-electron chi connectivity index (χ0n) is 11.3. The average Bonchev–Trinajstić information content (AvgIpc) is 2.40. The summed E-state index contributed by atoms with van der Waals surface area (Å²) in [6, 6.07) is 11.4. The maximum absolute atomic E-state index is 13.2. The second-order valence-electron chi connectivity index (χ2n) is 4.67. The third-order valence-electron chi connectivity index (χ3n) is 2.93. The van der Waals surface area contributed by atoms with Crippen LogP contribution in [0.4, 0.5) is 15.8 Å². The number of aryl methyl sites for hydroxylation is 1. The van der Waals surface area contributed by atoms with Gasteiger partial charge in [0.2, 0.25) is 0 Å². The molecule has 2 aromatic carbocycles. The Morgan fingerprint density at radius 3 is 2.50 bits per heavy atom. The molecule has 2 rings (SSSR count). The van der Waals surface area contributed by atoms with Crippen LogP contribution in [0.3, 0.4) is 0 Å². The Balaban J connectivity index is 2.10. The molecule has 0 aliphatic rings. The maximum Gasteiger partial charge on any atom is 0.255 e. The normalized spacial score (nSPS) is 10.3. The van der Waals surface area contributed by atoms with Crippen molar-refractivity contribution >= 4 is 17.3 Å². The van der Waals surface area contributed by atoms with Crippen LogP contribution in [-0.4, -0.2) is 5.91 Å². The predicted molar refractivity (Wildman–Crippen MR) is 79.2 cm³/mol. The van der Waals surface area contributed by atoms with Crippen molar-refractivity contribution in [3.63, 3.8) is 0 Å². The summed E-state index contributed by atoms with van der Waals surface area (Å²) in [6.45, 7) is 2.12. The minimum absolute atomic E-state index is 0.208. The average molecular weight is 272 g/mol. The van der Waals surface area contributed by atoms with Crippen molar-refractivity contribution in [1.29, 1.82) is 0 Å². The molecule has 0 unspecified atom stereocenters. The summed E-state index contributed by atoms with van der Waals surface area (Å²) in [5.41, 5.74) is 7.86. The van der Waals surface area contributed by atoms with Crippen molar-refractivity contribution in [2.45, 2.75) is 19.8 Å². The zero-order chi connectivity index (χ0) is 14.5. The van der Waals surface area contributed by atoms with E-state index in [9.17, 15) is 9.18 Å². The fraction of sp³-hybridized carbons (Fsp3) is 0.188. The lowest BCUT2D eigenvalue weighted by molar-refractivity contribution is 0.102. The van der Waals surface area contributed by atoms with Crippen LogP contribution in [-0.2, 0) is 6.42 Å². The van der Waals surface area contributed by atoms with Gasteiger partial charge in [0.05, 0.1) is 0 Å². The van der Waals surface area contributed by atoms with Gasteiger partial charge < -0.3 is 11.1 Å². The Bertz CT molecular complexity index is 588. The van der Waals surface area contributed by atoms with Gasteiger partial charge in [0.15, 0.2) is 0 Å². The third kappa shape index (κ3) is 3.57. The quantitative estimate of drug-likeness (QED) is 0.835. The Kier molecular flexibility index (Phi) is 4.35. The fourth-order valence-electron chi connectivity index (χ4n) is 1.99. The van der Waals surface area contributed by atoms with Gasteiger partial charge in [-0.2, -0.15) is 0 Å². The molecule has 0 saturated heterocycles. The van der Waals surface area contributed by atoms with E-state index < -0.39 is 5.82 Å². The highest BCUT2D eigenvalue weighted by Gasteiger charge is 2.08. The van der Waals surface area contributed by atoms with Crippen LogP contribution < -0.4 is 11.1 Å². The van der Waals surface area contributed by atoms with E-state index in [1.807, 2.05) is 24.3 Å². The number of anilines is 2. The molecular formula is C16H17FN2O. The minimum atomic E-state index is -0.520. The number of benzene rings is 2. The third-order valence-corrected chi connectivity index (χ3v) is 2.93. The van der Waals surface area contributed by atoms with Crippen molar-refractivity contribution in [2.75, 3.05) is 11.1 Å². The molecule has 0 radical (unpaired) electrons.